The maximum atomic E-state index is 12.2. The molecule has 0 saturated carbocycles. The molecule has 0 spiro atoms. The van der Waals surface area contributed by atoms with Crippen LogP contribution in [0.1, 0.15) is 64.9 Å². The van der Waals surface area contributed by atoms with Crippen molar-refractivity contribution in [2.45, 2.75) is 78.0 Å². The maximum absolute atomic E-state index is 12.2. The molecule has 6 nitrogen and oxygen atoms in total. The van der Waals surface area contributed by atoms with Crippen molar-refractivity contribution in [1.29, 1.82) is 0 Å². The molecule has 1 rings (SSSR count). The molecule has 29 heavy (non-hydrogen) atoms. The lowest BCUT2D eigenvalue weighted by molar-refractivity contribution is -0.152. The molecule has 0 aromatic heterocycles. The van der Waals surface area contributed by atoms with Crippen molar-refractivity contribution in [2.24, 2.45) is 0 Å². The van der Waals surface area contributed by atoms with E-state index in [4.69, 9.17) is 14.2 Å². The molecule has 0 bridgehead atoms. The van der Waals surface area contributed by atoms with Crippen molar-refractivity contribution in [3.05, 3.63) is 35.9 Å². The van der Waals surface area contributed by atoms with Crippen LogP contribution in [0, 0.1) is 0 Å². The Bertz CT molecular complexity index is 564. The molecule has 1 aromatic rings. The molecule has 6 heteroatoms. The molecule has 2 atom stereocenters. The SMILES string of the molecule is CCCCCC(CCNC(CC(=O)OCC)C(=O)OCC)OCc1ccccc1. The summed E-state index contributed by atoms with van der Waals surface area (Å²) >= 11 is 0. The van der Waals surface area contributed by atoms with Crippen molar-refractivity contribution in [2.75, 3.05) is 19.8 Å². The molecule has 0 fully saturated rings. The molecule has 0 aliphatic rings. The number of carbonyl (C=O) groups excluding carboxylic acids is 2. The summed E-state index contributed by atoms with van der Waals surface area (Å²) in [6.45, 7) is 7.38. The van der Waals surface area contributed by atoms with Crippen LogP contribution in [0.5, 0.6) is 0 Å². The van der Waals surface area contributed by atoms with E-state index in [1.54, 1.807) is 13.8 Å². The highest BCUT2D eigenvalue weighted by atomic mass is 16.5. The standard InChI is InChI=1S/C23H37NO5/c1-4-7-9-14-20(29-18-19-12-10-8-11-13-19)15-16-24-21(23(26)28-6-3)17-22(25)27-5-2/h8,10-13,20-21,24H,4-7,9,14-18H2,1-3H3. The van der Waals surface area contributed by atoms with Gasteiger partial charge in [0.2, 0.25) is 0 Å². The van der Waals surface area contributed by atoms with E-state index in [-0.39, 0.29) is 19.1 Å². The predicted octanol–water partition coefficient (Wildman–Crippen LogP) is 4.02. The number of benzene rings is 1. The average Bonchev–Trinajstić information content (AvgIpc) is 2.72. The zero-order chi connectivity index (χ0) is 21.3. The van der Waals surface area contributed by atoms with Gasteiger partial charge < -0.3 is 19.5 Å². The van der Waals surface area contributed by atoms with Crippen molar-refractivity contribution < 1.29 is 23.8 Å². The quantitative estimate of drug-likeness (QED) is 0.330. The first-order valence-corrected chi connectivity index (χ1v) is 10.8. The number of hydrogen-bond acceptors (Lipinski definition) is 6. The van der Waals surface area contributed by atoms with Crippen LogP contribution < -0.4 is 5.32 Å². The molecule has 0 aliphatic heterocycles. The Labute approximate surface area is 175 Å². The van der Waals surface area contributed by atoms with Gasteiger partial charge in [0.1, 0.15) is 6.04 Å². The van der Waals surface area contributed by atoms with Crippen molar-refractivity contribution in [3.63, 3.8) is 0 Å². The second-order valence-electron chi connectivity index (χ2n) is 6.97. The minimum atomic E-state index is -0.695. The second-order valence-corrected chi connectivity index (χ2v) is 6.97. The van der Waals surface area contributed by atoms with E-state index in [0.29, 0.717) is 19.8 Å². The molecule has 1 N–H and O–H groups in total. The number of hydrogen-bond donors (Lipinski definition) is 1. The lowest BCUT2D eigenvalue weighted by atomic mass is 10.1. The van der Waals surface area contributed by atoms with Crippen molar-refractivity contribution >= 4 is 11.9 Å². The summed E-state index contributed by atoms with van der Waals surface area (Å²) in [4.78, 5) is 24.0. The predicted molar refractivity (Wildman–Crippen MR) is 113 cm³/mol. The fourth-order valence-electron chi connectivity index (χ4n) is 3.01. The van der Waals surface area contributed by atoms with Gasteiger partial charge in [0.25, 0.3) is 0 Å². The van der Waals surface area contributed by atoms with Crippen LogP contribution in [-0.2, 0) is 30.4 Å². The summed E-state index contributed by atoms with van der Waals surface area (Å²) in [5.41, 5.74) is 1.15. The van der Waals surface area contributed by atoms with E-state index in [1.165, 1.54) is 6.42 Å². The van der Waals surface area contributed by atoms with Crippen LogP contribution in [-0.4, -0.2) is 43.8 Å². The first kappa shape index (κ1) is 25.1. The number of nitrogens with one attached hydrogen (secondary N) is 1. The molecular formula is C23H37NO5. The largest absolute Gasteiger partial charge is 0.466 e. The first-order valence-electron chi connectivity index (χ1n) is 10.8. The smallest absolute Gasteiger partial charge is 0.323 e. The molecule has 0 heterocycles. The maximum Gasteiger partial charge on any atom is 0.323 e. The van der Waals surface area contributed by atoms with Crippen LogP contribution in [0.2, 0.25) is 0 Å². The Hall–Kier alpha value is -1.92. The molecule has 0 radical (unpaired) electrons. The third-order valence-corrected chi connectivity index (χ3v) is 4.56. The summed E-state index contributed by atoms with van der Waals surface area (Å²) in [5.74, 6) is -0.828. The van der Waals surface area contributed by atoms with Gasteiger partial charge in [-0.15, -0.1) is 0 Å². The number of rotatable bonds is 16. The Morgan fingerprint density at radius 3 is 2.34 bits per heavy atom. The van der Waals surface area contributed by atoms with E-state index in [0.717, 1.165) is 31.2 Å². The Kier molecular flexibility index (Phi) is 13.8. The summed E-state index contributed by atoms with van der Waals surface area (Å²) in [6.07, 6.45) is 5.25. The summed E-state index contributed by atoms with van der Waals surface area (Å²) in [6, 6.07) is 9.41. The normalized spacial score (nSPS) is 12.9. The Morgan fingerprint density at radius 1 is 0.966 bits per heavy atom. The van der Waals surface area contributed by atoms with Crippen LogP contribution >= 0.6 is 0 Å². The fourth-order valence-corrected chi connectivity index (χ4v) is 3.01. The van der Waals surface area contributed by atoms with Gasteiger partial charge in [-0.05, 0) is 38.8 Å². The molecule has 1 aromatic carbocycles. The van der Waals surface area contributed by atoms with Crippen LogP contribution in [0.3, 0.4) is 0 Å². The molecule has 2 unspecified atom stereocenters. The van der Waals surface area contributed by atoms with Gasteiger partial charge in [0, 0.05) is 0 Å². The van der Waals surface area contributed by atoms with Crippen LogP contribution in [0.25, 0.3) is 0 Å². The number of carbonyl (C=O) groups is 2. The molecule has 0 saturated heterocycles. The number of unbranched alkanes of at least 4 members (excludes halogenated alkanes) is 2. The van der Waals surface area contributed by atoms with Gasteiger partial charge in [-0.2, -0.15) is 0 Å². The second kappa shape index (κ2) is 15.9. The molecular weight excluding hydrogens is 370 g/mol. The van der Waals surface area contributed by atoms with Crippen LogP contribution in [0.15, 0.2) is 30.3 Å². The third-order valence-electron chi connectivity index (χ3n) is 4.56. The van der Waals surface area contributed by atoms with Gasteiger partial charge in [-0.25, -0.2) is 0 Å². The van der Waals surface area contributed by atoms with Gasteiger partial charge in [0.05, 0.1) is 32.3 Å². The Balaban J connectivity index is 2.55. The van der Waals surface area contributed by atoms with Gasteiger partial charge in [0.15, 0.2) is 0 Å². The molecule has 0 aliphatic carbocycles. The third kappa shape index (κ3) is 11.6. The van der Waals surface area contributed by atoms with Gasteiger partial charge >= 0.3 is 11.9 Å². The Morgan fingerprint density at radius 2 is 1.69 bits per heavy atom. The fraction of sp³-hybridized carbons (Fsp3) is 0.652. The highest BCUT2D eigenvalue weighted by Gasteiger charge is 2.23. The topological polar surface area (TPSA) is 73.9 Å². The van der Waals surface area contributed by atoms with Gasteiger partial charge in [-0.3, -0.25) is 9.59 Å². The van der Waals surface area contributed by atoms with E-state index in [9.17, 15) is 9.59 Å². The van der Waals surface area contributed by atoms with Crippen LogP contribution in [0.4, 0.5) is 0 Å². The average molecular weight is 408 g/mol. The zero-order valence-corrected chi connectivity index (χ0v) is 18.2. The molecule has 0 amide bonds. The highest BCUT2D eigenvalue weighted by molar-refractivity contribution is 5.82. The summed E-state index contributed by atoms with van der Waals surface area (Å²) < 4.78 is 16.2. The first-order chi connectivity index (χ1) is 14.1. The number of ether oxygens (including phenoxy) is 3. The summed E-state index contributed by atoms with van der Waals surface area (Å²) in [7, 11) is 0. The van der Waals surface area contributed by atoms with Gasteiger partial charge in [-0.1, -0.05) is 56.5 Å². The lowest BCUT2D eigenvalue weighted by Crippen LogP contribution is -2.41. The van der Waals surface area contributed by atoms with Crippen molar-refractivity contribution in [3.8, 4) is 0 Å². The minimum Gasteiger partial charge on any atom is -0.466 e. The summed E-state index contributed by atoms with van der Waals surface area (Å²) in [5, 5.41) is 3.16. The van der Waals surface area contributed by atoms with E-state index >= 15 is 0 Å². The monoisotopic (exact) mass is 407 g/mol. The van der Waals surface area contributed by atoms with E-state index < -0.39 is 18.0 Å². The highest BCUT2D eigenvalue weighted by Crippen LogP contribution is 2.13. The zero-order valence-electron chi connectivity index (χ0n) is 18.2. The lowest BCUT2D eigenvalue weighted by Gasteiger charge is -2.21. The molecule has 164 valence electrons. The van der Waals surface area contributed by atoms with E-state index in [2.05, 4.69) is 24.4 Å². The number of esters is 2. The van der Waals surface area contributed by atoms with Crippen molar-refractivity contribution in [1.82, 2.24) is 5.32 Å². The van der Waals surface area contributed by atoms with E-state index in [1.807, 2.05) is 18.2 Å². The minimum absolute atomic E-state index is 0.0297.